The largest absolute Gasteiger partial charge is 0.484 e. The Bertz CT molecular complexity index is 500. The molecule has 1 aromatic rings. The van der Waals surface area contributed by atoms with Gasteiger partial charge in [-0.1, -0.05) is 6.07 Å². The van der Waals surface area contributed by atoms with Gasteiger partial charge in [0.2, 0.25) is 0 Å². The van der Waals surface area contributed by atoms with Gasteiger partial charge in [-0.15, -0.1) is 12.4 Å². The zero-order chi connectivity index (χ0) is 15.9. The van der Waals surface area contributed by atoms with Crippen LogP contribution in [-0.4, -0.2) is 44.1 Å². The zero-order valence-electron chi connectivity index (χ0n) is 14.4. The summed E-state index contributed by atoms with van der Waals surface area (Å²) in [6, 6.07) is 5.95. The van der Waals surface area contributed by atoms with Gasteiger partial charge >= 0.3 is 0 Å². The van der Waals surface area contributed by atoms with Crippen LogP contribution in [0.4, 0.5) is 0 Å². The maximum atomic E-state index is 12.2. The Morgan fingerprint density at radius 3 is 2.57 bits per heavy atom. The van der Waals surface area contributed by atoms with Crippen LogP contribution in [0.25, 0.3) is 0 Å². The summed E-state index contributed by atoms with van der Waals surface area (Å²) in [6.45, 7) is 7.06. The average Bonchev–Trinajstić information content (AvgIpc) is 2.54. The summed E-state index contributed by atoms with van der Waals surface area (Å²) in [6.07, 6.45) is 3.42. The van der Waals surface area contributed by atoms with Gasteiger partial charge in [-0.25, -0.2) is 0 Å². The second-order valence-electron chi connectivity index (χ2n) is 6.25. The molecule has 0 unspecified atom stereocenters. The van der Waals surface area contributed by atoms with E-state index in [0.29, 0.717) is 0 Å². The molecule has 23 heavy (non-hydrogen) atoms. The third-order valence-corrected chi connectivity index (χ3v) is 4.61. The first-order valence-electron chi connectivity index (χ1n) is 8.22. The molecule has 1 heterocycles. The molecule has 4 nitrogen and oxygen atoms in total. The lowest BCUT2D eigenvalue weighted by molar-refractivity contribution is -0.134. The predicted octanol–water partition coefficient (Wildman–Crippen LogP) is 2.95. The molecule has 0 saturated carbocycles. The van der Waals surface area contributed by atoms with Crippen LogP contribution in [0.15, 0.2) is 18.2 Å². The van der Waals surface area contributed by atoms with Gasteiger partial charge in [-0.05, 0) is 75.9 Å². The SMILES string of the molecule is CNCCC1CCN(C(=O)COc2ccc(C)c(C)c2)CC1.Cl. The van der Waals surface area contributed by atoms with E-state index in [1.807, 2.05) is 30.1 Å². The molecule has 1 aliphatic heterocycles. The van der Waals surface area contributed by atoms with Crippen molar-refractivity contribution in [3.8, 4) is 5.75 Å². The minimum Gasteiger partial charge on any atom is -0.484 e. The molecule has 2 rings (SSSR count). The highest BCUT2D eigenvalue weighted by atomic mass is 35.5. The number of halogens is 1. The van der Waals surface area contributed by atoms with E-state index in [4.69, 9.17) is 4.74 Å². The van der Waals surface area contributed by atoms with Gasteiger partial charge in [-0.2, -0.15) is 0 Å². The van der Waals surface area contributed by atoms with Crippen molar-refractivity contribution in [1.29, 1.82) is 0 Å². The predicted molar refractivity (Wildman–Crippen MR) is 96.5 cm³/mol. The first-order chi connectivity index (χ1) is 10.6. The van der Waals surface area contributed by atoms with E-state index < -0.39 is 0 Å². The summed E-state index contributed by atoms with van der Waals surface area (Å²) in [5.41, 5.74) is 2.43. The molecule has 1 saturated heterocycles. The quantitative estimate of drug-likeness (QED) is 0.865. The van der Waals surface area contributed by atoms with Crippen LogP contribution in [0.1, 0.15) is 30.4 Å². The van der Waals surface area contributed by atoms with E-state index in [9.17, 15) is 4.79 Å². The average molecular weight is 341 g/mol. The van der Waals surface area contributed by atoms with Crippen molar-refractivity contribution >= 4 is 18.3 Å². The standard InChI is InChI=1S/C18H28N2O2.ClH/c1-14-4-5-17(12-15(14)2)22-13-18(21)20-10-7-16(8-11-20)6-9-19-3;/h4-5,12,16,19H,6-11,13H2,1-3H3;1H. The molecule has 1 N–H and O–H groups in total. The molecule has 1 fully saturated rings. The van der Waals surface area contributed by atoms with Gasteiger partial charge < -0.3 is 15.0 Å². The Morgan fingerprint density at radius 1 is 1.26 bits per heavy atom. The van der Waals surface area contributed by atoms with Crippen molar-refractivity contribution in [1.82, 2.24) is 10.2 Å². The highest BCUT2D eigenvalue weighted by molar-refractivity contribution is 5.85. The second-order valence-corrected chi connectivity index (χ2v) is 6.25. The second kappa shape index (κ2) is 9.78. The van der Waals surface area contributed by atoms with Crippen LogP contribution in [0.2, 0.25) is 0 Å². The van der Waals surface area contributed by atoms with Crippen LogP contribution in [0.3, 0.4) is 0 Å². The summed E-state index contributed by atoms with van der Waals surface area (Å²) < 4.78 is 5.65. The normalized spacial score (nSPS) is 15.2. The summed E-state index contributed by atoms with van der Waals surface area (Å²) in [7, 11) is 1.99. The molecule has 0 spiro atoms. The van der Waals surface area contributed by atoms with E-state index in [2.05, 4.69) is 19.2 Å². The molecular formula is C18H29ClN2O2. The molecule has 1 aliphatic rings. The monoisotopic (exact) mass is 340 g/mol. The van der Waals surface area contributed by atoms with E-state index >= 15 is 0 Å². The molecule has 1 amide bonds. The Labute approximate surface area is 146 Å². The van der Waals surface area contributed by atoms with Crippen molar-refractivity contribution in [3.05, 3.63) is 29.3 Å². The van der Waals surface area contributed by atoms with Gasteiger partial charge in [0.25, 0.3) is 5.91 Å². The molecule has 0 bridgehead atoms. The number of carbonyl (C=O) groups excluding carboxylic acids is 1. The van der Waals surface area contributed by atoms with E-state index in [0.717, 1.165) is 44.1 Å². The maximum Gasteiger partial charge on any atom is 0.260 e. The van der Waals surface area contributed by atoms with Crippen molar-refractivity contribution in [2.75, 3.05) is 33.3 Å². The maximum absolute atomic E-state index is 12.2. The van der Waals surface area contributed by atoms with Gasteiger partial charge in [-0.3, -0.25) is 4.79 Å². The summed E-state index contributed by atoms with van der Waals surface area (Å²) in [4.78, 5) is 14.2. The zero-order valence-corrected chi connectivity index (χ0v) is 15.2. The molecule has 0 radical (unpaired) electrons. The first kappa shape index (κ1) is 19.8. The van der Waals surface area contributed by atoms with Crippen LogP contribution >= 0.6 is 12.4 Å². The number of ether oxygens (including phenoxy) is 1. The van der Waals surface area contributed by atoms with Gasteiger partial charge in [0.15, 0.2) is 6.61 Å². The number of hydrogen-bond acceptors (Lipinski definition) is 3. The number of rotatable bonds is 6. The van der Waals surface area contributed by atoms with Crippen molar-refractivity contribution in [2.45, 2.75) is 33.1 Å². The Morgan fingerprint density at radius 2 is 1.96 bits per heavy atom. The number of hydrogen-bond donors (Lipinski definition) is 1. The topological polar surface area (TPSA) is 41.6 Å². The number of nitrogens with one attached hydrogen (secondary N) is 1. The van der Waals surface area contributed by atoms with Crippen LogP contribution in [0.5, 0.6) is 5.75 Å². The summed E-state index contributed by atoms with van der Waals surface area (Å²) in [5.74, 6) is 1.63. The third kappa shape index (κ3) is 6.04. The summed E-state index contributed by atoms with van der Waals surface area (Å²) in [5, 5.41) is 3.20. The number of nitrogens with zero attached hydrogens (tertiary/aromatic N) is 1. The van der Waals surface area contributed by atoms with Crippen molar-refractivity contribution < 1.29 is 9.53 Å². The van der Waals surface area contributed by atoms with Crippen LogP contribution < -0.4 is 10.1 Å². The Hall–Kier alpha value is -1.26. The molecule has 0 aliphatic carbocycles. The molecule has 5 heteroatoms. The molecule has 130 valence electrons. The van der Waals surface area contributed by atoms with E-state index in [-0.39, 0.29) is 24.9 Å². The van der Waals surface area contributed by atoms with E-state index in [1.165, 1.54) is 17.5 Å². The Kier molecular flexibility index (Phi) is 8.42. The highest BCUT2D eigenvalue weighted by Crippen LogP contribution is 2.21. The highest BCUT2D eigenvalue weighted by Gasteiger charge is 2.22. The van der Waals surface area contributed by atoms with Gasteiger partial charge in [0, 0.05) is 13.1 Å². The van der Waals surface area contributed by atoms with Crippen LogP contribution in [0, 0.1) is 19.8 Å². The van der Waals surface area contributed by atoms with Crippen molar-refractivity contribution in [3.63, 3.8) is 0 Å². The number of benzene rings is 1. The number of piperidine rings is 1. The molecule has 0 atom stereocenters. The van der Waals surface area contributed by atoms with Gasteiger partial charge in [0.05, 0.1) is 0 Å². The lowest BCUT2D eigenvalue weighted by Gasteiger charge is -2.32. The van der Waals surface area contributed by atoms with Crippen molar-refractivity contribution in [2.24, 2.45) is 5.92 Å². The number of amides is 1. The lowest BCUT2D eigenvalue weighted by Crippen LogP contribution is -2.41. The minimum atomic E-state index is 0. The number of aryl methyl sites for hydroxylation is 2. The lowest BCUT2D eigenvalue weighted by atomic mass is 9.93. The van der Waals surface area contributed by atoms with E-state index in [1.54, 1.807) is 0 Å². The number of likely N-dealkylation sites (tertiary alicyclic amines) is 1. The summed E-state index contributed by atoms with van der Waals surface area (Å²) >= 11 is 0. The minimum absolute atomic E-state index is 0. The van der Waals surface area contributed by atoms with Gasteiger partial charge in [0.1, 0.15) is 5.75 Å². The number of carbonyl (C=O) groups is 1. The fourth-order valence-electron chi connectivity index (χ4n) is 2.86. The first-order valence-corrected chi connectivity index (χ1v) is 8.22. The third-order valence-electron chi connectivity index (χ3n) is 4.61. The molecule has 0 aromatic heterocycles. The molecular weight excluding hydrogens is 312 g/mol. The fourth-order valence-corrected chi connectivity index (χ4v) is 2.86. The Balaban J connectivity index is 0.00000264. The fraction of sp³-hybridized carbons (Fsp3) is 0.611. The van der Waals surface area contributed by atoms with Crippen LogP contribution in [-0.2, 0) is 4.79 Å². The molecule has 1 aromatic carbocycles. The smallest absolute Gasteiger partial charge is 0.260 e.